The number of ether oxygens (including phenoxy) is 1. The van der Waals surface area contributed by atoms with Gasteiger partial charge < -0.3 is 14.7 Å². The molecule has 5 nitrogen and oxygen atoms in total. The molecule has 1 heterocycles. The summed E-state index contributed by atoms with van der Waals surface area (Å²) in [6.45, 7) is 0.543. The van der Waals surface area contributed by atoms with Crippen molar-refractivity contribution >= 4 is 11.9 Å². The number of amides is 1. The van der Waals surface area contributed by atoms with Gasteiger partial charge in [-0.1, -0.05) is 36.4 Å². The van der Waals surface area contributed by atoms with Crippen molar-refractivity contribution in [3.8, 4) is 5.75 Å². The highest BCUT2D eigenvalue weighted by molar-refractivity contribution is 5.86. The fourth-order valence-electron chi connectivity index (χ4n) is 2.84. The second kappa shape index (κ2) is 7.34. The second-order valence-electron chi connectivity index (χ2n) is 6.00. The molecule has 0 saturated carbocycles. The molecule has 1 aliphatic rings. The van der Waals surface area contributed by atoms with Crippen molar-refractivity contribution in [3.63, 3.8) is 0 Å². The molecule has 0 bridgehead atoms. The Hall–Kier alpha value is -2.89. The van der Waals surface area contributed by atoms with Crippen LogP contribution in [0.1, 0.15) is 17.5 Å². The molecule has 0 radical (unpaired) electrons. The van der Waals surface area contributed by atoms with Crippen LogP contribution in [0.4, 0.5) is 4.39 Å². The Morgan fingerprint density at radius 3 is 2.52 bits per heavy atom. The summed E-state index contributed by atoms with van der Waals surface area (Å²) in [5.41, 5.74) is 1.21. The van der Waals surface area contributed by atoms with E-state index in [0.29, 0.717) is 11.3 Å². The van der Waals surface area contributed by atoms with Crippen molar-refractivity contribution in [1.29, 1.82) is 0 Å². The van der Waals surface area contributed by atoms with Crippen molar-refractivity contribution in [2.24, 2.45) is 5.92 Å². The first-order valence-electron chi connectivity index (χ1n) is 7.99. The largest absolute Gasteiger partial charge is 0.488 e. The molecule has 1 saturated heterocycles. The number of carboxylic acids is 1. The molecule has 1 aliphatic heterocycles. The summed E-state index contributed by atoms with van der Waals surface area (Å²) in [7, 11) is 0. The predicted molar refractivity (Wildman–Crippen MR) is 88.3 cm³/mol. The third-order valence-electron chi connectivity index (χ3n) is 4.24. The van der Waals surface area contributed by atoms with E-state index in [9.17, 15) is 14.0 Å². The van der Waals surface area contributed by atoms with Crippen LogP contribution in [0, 0.1) is 11.7 Å². The number of likely N-dealkylation sites (tertiary alicyclic amines) is 1. The number of para-hydroxylation sites is 1. The smallest absolute Gasteiger partial charge is 0.308 e. The van der Waals surface area contributed by atoms with Gasteiger partial charge in [0.15, 0.2) is 0 Å². The number of carbonyl (C=O) groups excluding carboxylic acids is 1. The first-order chi connectivity index (χ1) is 12.0. The van der Waals surface area contributed by atoms with E-state index in [1.54, 1.807) is 30.3 Å². The molecule has 1 amide bonds. The third kappa shape index (κ3) is 3.96. The molecule has 2 aromatic rings. The molecule has 1 N–H and O–H groups in total. The quantitative estimate of drug-likeness (QED) is 0.876. The average Bonchev–Trinajstić information content (AvgIpc) is 2.96. The van der Waals surface area contributed by atoms with E-state index < -0.39 is 11.9 Å². The Bertz CT molecular complexity index is 792. The number of rotatable bonds is 6. The molecule has 2 aromatic carbocycles. The van der Waals surface area contributed by atoms with Crippen LogP contribution in [0.25, 0.3) is 0 Å². The van der Waals surface area contributed by atoms with Crippen LogP contribution in [0.3, 0.4) is 0 Å². The molecule has 0 spiro atoms. The minimum absolute atomic E-state index is 0.0214. The Balaban J connectivity index is 1.70. The monoisotopic (exact) mass is 343 g/mol. The van der Waals surface area contributed by atoms with Crippen molar-refractivity contribution in [1.82, 2.24) is 4.90 Å². The highest BCUT2D eigenvalue weighted by atomic mass is 19.1. The van der Waals surface area contributed by atoms with Gasteiger partial charge in [0.2, 0.25) is 5.91 Å². The molecule has 1 unspecified atom stereocenters. The topological polar surface area (TPSA) is 66.8 Å². The van der Waals surface area contributed by atoms with Gasteiger partial charge in [-0.15, -0.1) is 0 Å². The second-order valence-corrected chi connectivity index (χ2v) is 6.00. The fourth-order valence-corrected chi connectivity index (χ4v) is 2.84. The number of aliphatic carboxylic acids is 1. The summed E-state index contributed by atoms with van der Waals surface area (Å²) in [5, 5.41) is 9.07. The number of hydrogen-bond donors (Lipinski definition) is 1. The van der Waals surface area contributed by atoms with E-state index in [4.69, 9.17) is 9.84 Å². The Morgan fingerprint density at radius 1 is 1.16 bits per heavy atom. The fraction of sp³-hybridized carbons (Fsp3) is 0.263. The van der Waals surface area contributed by atoms with Crippen LogP contribution in [0.15, 0.2) is 48.5 Å². The van der Waals surface area contributed by atoms with Gasteiger partial charge in [-0.2, -0.15) is 0 Å². The molecular weight excluding hydrogens is 325 g/mol. The maximum Gasteiger partial charge on any atom is 0.308 e. The van der Waals surface area contributed by atoms with E-state index in [-0.39, 0.29) is 37.8 Å². The van der Waals surface area contributed by atoms with Gasteiger partial charge in [0.1, 0.15) is 18.2 Å². The van der Waals surface area contributed by atoms with Crippen molar-refractivity contribution in [2.75, 3.05) is 6.54 Å². The lowest BCUT2D eigenvalue weighted by Gasteiger charge is -2.18. The molecule has 0 aliphatic carbocycles. The van der Waals surface area contributed by atoms with E-state index >= 15 is 0 Å². The van der Waals surface area contributed by atoms with Crippen molar-refractivity contribution in [2.45, 2.75) is 19.6 Å². The third-order valence-corrected chi connectivity index (χ3v) is 4.24. The van der Waals surface area contributed by atoms with Crippen LogP contribution in [-0.4, -0.2) is 28.4 Å². The lowest BCUT2D eigenvalue weighted by Crippen LogP contribution is -2.26. The predicted octanol–water partition coefficient (Wildman–Crippen LogP) is 2.84. The summed E-state index contributed by atoms with van der Waals surface area (Å²) in [5.74, 6) is -1.59. The van der Waals surface area contributed by atoms with Gasteiger partial charge in [0.05, 0.1) is 5.92 Å². The highest BCUT2D eigenvalue weighted by Crippen LogP contribution is 2.25. The van der Waals surface area contributed by atoms with E-state index in [1.807, 2.05) is 12.1 Å². The minimum atomic E-state index is -0.958. The average molecular weight is 343 g/mol. The standard InChI is InChI=1S/C19H18FNO4/c20-16-7-3-1-6-14(16)12-25-17-8-4-2-5-13(17)10-21-11-15(19(23)24)9-18(21)22/h1-8,15H,9-12H2,(H,23,24). The number of carbonyl (C=O) groups is 2. The Labute approximate surface area is 144 Å². The summed E-state index contributed by atoms with van der Waals surface area (Å²) >= 11 is 0. The number of benzene rings is 2. The van der Waals surface area contributed by atoms with Crippen LogP contribution in [0.5, 0.6) is 5.75 Å². The minimum Gasteiger partial charge on any atom is -0.488 e. The maximum atomic E-state index is 13.7. The Kier molecular flexibility index (Phi) is 4.97. The van der Waals surface area contributed by atoms with Crippen molar-refractivity contribution < 1.29 is 23.8 Å². The zero-order chi connectivity index (χ0) is 17.8. The lowest BCUT2D eigenvalue weighted by atomic mass is 10.1. The molecule has 25 heavy (non-hydrogen) atoms. The van der Waals surface area contributed by atoms with Gasteiger partial charge in [0, 0.05) is 30.6 Å². The lowest BCUT2D eigenvalue weighted by molar-refractivity contribution is -0.141. The molecule has 1 atom stereocenters. The highest BCUT2D eigenvalue weighted by Gasteiger charge is 2.34. The van der Waals surface area contributed by atoms with Crippen LogP contribution in [0.2, 0.25) is 0 Å². The number of halogens is 1. The molecule has 6 heteroatoms. The summed E-state index contributed by atoms with van der Waals surface area (Å²) < 4.78 is 19.4. The number of nitrogens with zero attached hydrogens (tertiary/aromatic N) is 1. The molecule has 3 rings (SSSR count). The molecule has 1 fully saturated rings. The van der Waals surface area contributed by atoms with E-state index in [0.717, 1.165) is 5.56 Å². The normalized spacial score (nSPS) is 16.9. The summed E-state index contributed by atoms with van der Waals surface area (Å²) in [6, 6.07) is 13.6. The maximum absolute atomic E-state index is 13.7. The van der Waals surface area contributed by atoms with Crippen LogP contribution in [-0.2, 0) is 22.7 Å². The zero-order valence-electron chi connectivity index (χ0n) is 13.5. The van der Waals surface area contributed by atoms with Gasteiger partial charge >= 0.3 is 5.97 Å². The van der Waals surface area contributed by atoms with Crippen LogP contribution >= 0.6 is 0 Å². The molecular formula is C19H18FNO4. The molecule has 130 valence electrons. The van der Waals surface area contributed by atoms with Gasteiger partial charge in [-0.25, -0.2) is 4.39 Å². The number of carboxylic acid groups (broad SMARTS) is 1. The van der Waals surface area contributed by atoms with Gasteiger partial charge in [-0.3, -0.25) is 9.59 Å². The van der Waals surface area contributed by atoms with E-state index in [2.05, 4.69) is 0 Å². The van der Waals surface area contributed by atoms with Gasteiger partial charge in [0.25, 0.3) is 0 Å². The zero-order valence-corrected chi connectivity index (χ0v) is 13.5. The summed E-state index contributed by atoms with van der Waals surface area (Å²) in [6.07, 6.45) is 0.0214. The number of hydrogen-bond acceptors (Lipinski definition) is 3. The van der Waals surface area contributed by atoms with Crippen molar-refractivity contribution in [3.05, 3.63) is 65.5 Å². The van der Waals surface area contributed by atoms with Gasteiger partial charge in [-0.05, 0) is 12.1 Å². The van der Waals surface area contributed by atoms with E-state index in [1.165, 1.54) is 11.0 Å². The first-order valence-corrected chi connectivity index (χ1v) is 7.99. The Morgan fingerprint density at radius 2 is 1.84 bits per heavy atom. The SMILES string of the molecule is O=C(O)C1CC(=O)N(Cc2ccccc2OCc2ccccc2F)C1. The summed E-state index contributed by atoms with van der Waals surface area (Å²) in [4.78, 5) is 24.6. The first kappa shape index (κ1) is 17.0. The molecule has 0 aromatic heterocycles. The van der Waals surface area contributed by atoms with Crippen LogP contribution < -0.4 is 4.74 Å².